The van der Waals surface area contributed by atoms with E-state index < -0.39 is 0 Å². The third kappa shape index (κ3) is 5.69. The summed E-state index contributed by atoms with van der Waals surface area (Å²) in [4.78, 5) is 10.1. The normalized spacial score (nSPS) is 20.8. The summed E-state index contributed by atoms with van der Waals surface area (Å²) in [5.41, 5.74) is 1.38. The molecule has 2 saturated heterocycles. The fourth-order valence-corrected chi connectivity index (χ4v) is 4.23. The lowest BCUT2D eigenvalue weighted by Crippen LogP contribution is -2.47. The maximum absolute atomic E-state index is 5.80. The molecular formula is C22H36N4O. The van der Waals surface area contributed by atoms with Gasteiger partial charge in [0.1, 0.15) is 0 Å². The lowest BCUT2D eigenvalue weighted by atomic mass is 10.1. The molecule has 2 heterocycles. The lowest BCUT2D eigenvalue weighted by Gasteiger charge is -2.34. The van der Waals surface area contributed by atoms with Crippen molar-refractivity contribution < 1.29 is 4.74 Å². The number of nitrogens with one attached hydrogen (secondary N) is 1. The maximum atomic E-state index is 5.80. The predicted molar refractivity (Wildman–Crippen MR) is 112 cm³/mol. The molecule has 1 atom stereocenters. The number of piperidine rings is 1. The van der Waals surface area contributed by atoms with E-state index in [1.54, 1.807) is 0 Å². The SMILES string of the molecule is CCNC(=NCC(c1ccccc1)N1CCCC1)N1CCC(OCC)CC1. The van der Waals surface area contributed by atoms with Crippen LogP contribution in [-0.2, 0) is 4.74 Å². The van der Waals surface area contributed by atoms with Gasteiger partial charge in [-0.15, -0.1) is 0 Å². The van der Waals surface area contributed by atoms with Gasteiger partial charge in [0.25, 0.3) is 0 Å². The summed E-state index contributed by atoms with van der Waals surface area (Å²) in [6.07, 6.45) is 5.20. The summed E-state index contributed by atoms with van der Waals surface area (Å²) < 4.78 is 5.80. The van der Waals surface area contributed by atoms with E-state index in [-0.39, 0.29) is 0 Å². The van der Waals surface area contributed by atoms with Crippen molar-refractivity contribution in [1.29, 1.82) is 0 Å². The molecule has 0 aromatic heterocycles. The Morgan fingerprint density at radius 3 is 2.44 bits per heavy atom. The minimum Gasteiger partial charge on any atom is -0.378 e. The third-order valence-electron chi connectivity index (χ3n) is 5.66. The quantitative estimate of drug-likeness (QED) is 0.589. The first-order valence-corrected chi connectivity index (χ1v) is 10.8. The van der Waals surface area contributed by atoms with Gasteiger partial charge in [0.15, 0.2) is 5.96 Å². The van der Waals surface area contributed by atoms with E-state index in [1.165, 1.54) is 31.5 Å². The minimum absolute atomic E-state index is 0.378. The van der Waals surface area contributed by atoms with E-state index in [9.17, 15) is 0 Å². The van der Waals surface area contributed by atoms with Gasteiger partial charge < -0.3 is 15.0 Å². The first-order chi connectivity index (χ1) is 13.3. The predicted octanol–water partition coefficient (Wildman–Crippen LogP) is 3.29. The highest BCUT2D eigenvalue weighted by atomic mass is 16.5. The molecule has 5 nitrogen and oxygen atoms in total. The summed E-state index contributed by atoms with van der Waals surface area (Å²) >= 11 is 0. The van der Waals surface area contributed by atoms with Crippen LogP contribution in [0.25, 0.3) is 0 Å². The largest absolute Gasteiger partial charge is 0.378 e. The molecule has 0 aliphatic carbocycles. The van der Waals surface area contributed by atoms with Gasteiger partial charge in [-0.05, 0) is 58.2 Å². The van der Waals surface area contributed by atoms with Crippen molar-refractivity contribution in [3.05, 3.63) is 35.9 Å². The van der Waals surface area contributed by atoms with Crippen molar-refractivity contribution in [3.8, 4) is 0 Å². The van der Waals surface area contributed by atoms with E-state index in [0.29, 0.717) is 12.1 Å². The van der Waals surface area contributed by atoms with Crippen LogP contribution in [0.5, 0.6) is 0 Å². The molecule has 1 N–H and O–H groups in total. The monoisotopic (exact) mass is 372 g/mol. The molecule has 2 aliphatic rings. The number of hydrogen-bond donors (Lipinski definition) is 1. The molecule has 0 spiro atoms. The first kappa shape index (κ1) is 20.2. The van der Waals surface area contributed by atoms with Crippen LogP contribution in [0.1, 0.15) is 51.1 Å². The molecule has 2 fully saturated rings. The van der Waals surface area contributed by atoms with Crippen LogP contribution in [0.15, 0.2) is 35.3 Å². The topological polar surface area (TPSA) is 40.1 Å². The Labute approximate surface area is 164 Å². The number of rotatable bonds is 7. The summed E-state index contributed by atoms with van der Waals surface area (Å²) in [5, 5.41) is 3.51. The molecule has 2 aliphatic heterocycles. The number of aliphatic imine (C=N–C) groups is 1. The van der Waals surface area contributed by atoms with Gasteiger partial charge in [-0.25, -0.2) is 0 Å². The summed E-state index contributed by atoms with van der Waals surface area (Å²) in [6, 6.07) is 11.3. The van der Waals surface area contributed by atoms with E-state index in [1.807, 2.05) is 0 Å². The number of ether oxygens (including phenoxy) is 1. The van der Waals surface area contributed by atoms with E-state index in [4.69, 9.17) is 9.73 Å². The molecule has 5 heteroatoms. The Morgan fingerprint density at radius 2 is 1.81 bits per heavy atom. The van der Waals surface area contributed by atoms with Crippen LogP contribution < -0.4 is 5.32 Å². The number of hydrogen-bond acceptors (Lipinski definition) is 3. The Hall–Kier alpha value is -1.59. The Kier molecular flexibility index (Phi) is 7.96. The minimum atomic E-state index is 0.378. The van der Waals surface area contributed by atoms with Gasteiger partial charge in [0, 0.05) is 26.2 Å². The zero-order valence-electron chi connectivity index (χ0n) is 17.1. The van der Waals surface area contributed by atoms with Gasteiger partial charge in [0.2, 0.25) is 0 Å². The lowest BCUT2D eigenvalue weighted by molar-refractivity contribution is 0.0263. The van der Waals surface area contributed by atoms with Crippen LogP contribution in [0, 0.1) is 0 Å². The Bertz CT molecular complexity index is 563. The molecule has 1 unspecified atom stereocenters. The second kappa shape index (κ2) is 10.7. The van der Waals surface area contributed by atoms with Gasteiger partial charge in [-0.3, -0.25) is 9.89 Å². The second-order valence-corrected chi connectivity index (χ2v) is 7.51. The molecule has 0 bridgehead atoms. The highest BCUT2D eigenvalue weighted by Crippen LogP contribution is 2.25. The molecule has 0 saturated carbocycles. The van der Waals surface area contributed by atoms with Crippen molar-refractivity contribution in [1.82, 2.24) is 15.1 Å². The van der Waals surface area contributed by atoms with E-state index in [0.717, 1.165) is 51.6 Å². The van der Waals surface area contributed by atoms with Gasteiger partial charge in [-0.2, -0.15) is 0 Å². The van der Waals surface area contributed by atoms with Crippen molar-refractivity contribution in [2.24, 2.45) is 4.99 Å². The molecule has 27 heavy (non-hydrogen) atoms. The zero-order valence-corrected chi connectivity index (χ0v) is 17.1. The molecular weight excluding hydrogens is 336 g/mol. The van der Waals surface area contributed by atoms with Crippen LogP contribution in [0.3, 0.4) is 0 Å². The molecule has 0 radical (unpaired) electrons. The molecule has 1 aromatic carbocycles. The van der Waals surface area contributed by atoms with Crippen LogP contribution in [0.4, 0.5) is 0 Å². The first-order valence-electron chi connectivity index (χ1n) is 10.8. The fraction of sp³-hybridized carbons (Fsp3) is 0.682. The van der Waals surface area contributed by atoms with Gasteiger partial charge >= 0.3 is 0 Å². The average molecular weight is 373 g/mol. The highest BCUT2D eigenvalue weighted by molar-refractivity contribution is 5.80. The maximum Gasteiger partial charge on any atom is 0.193 e. The average Bonchev–Trinajstić information content (AvgIpc) is 3.24. The Morgan fingerprint density at radius 1 is 1.11 bits per heavy atom. The third-order valence-corrected chi connectivity index (χ3v) is 5.66. The number of benzene rings is 1. The highest BCUT2D eigenvalue weighted by Gasteiger charge is 2.25. The number of guanidine groups is 1. The van der Waals surface area contributed by atoms with Crippen molar-refractivity contribution in [2.45, 2.75) is 51.7 Å². The van der Waals surface area contributed by atoms with Crippen molar-refractivity contribution in [3.63, 3.8) is 0 Å². The molecule has 0 amide bonds. The number of nitrogens with zero attached hydrogens (tertiary/aromatic N) is 3. The number of likely N-dealkylation sites (tertiary alicyclic amines) is 2. The second-order valence-electron chi connectivity index (χ2n) is 7.51. The summed E-state index contributed by atoms with van der Waals surface area (Å²) in [6.45, 7) is 11.2. The molecule has 150 valence electrons. The zero-order chi connectivity index (χ0) is 18.9. The smallest absolute Gasteiger partial charge is 0.193 e. The van der Waals surface area contributed by atoms with Crippen LogP contribution >= 0.6 is 0 Å². The van der Waals surface area contributed by atoms with Crippen LogP contribution in [-0.4, -0.2) is 67.7 Å². The van der Waals surface area contributed by atoms with Crippen molar-refractivity contribution in [2.75, 3.05) is 45.9 Å². The Balaban J connectivity index is 1.68. The summed E-state index contributed by atoms with van der Waals surface area (Å²) in [5.74, 6) is 1.06. The van der Waals surface area contributed by atoms with E-state index in [2.05, 4.69) is 59.3 Å². The molecule has 1 aromatic rings. The van der Waals surface area contributed by atoms with Gasteiger partial charge in [0.05, 0.1) is 18.7 Å². The van der Waals surface area contributed by atoms with Gasteiger partial charge in [-0.1, -0.05) is 30.3 Å². The molecule has 3 rings (SSSR count). The fourth-order valence-electron chi connectivity index (χ4n) is 4.23. The van der Waals surface area contributed by atoms with Crippen molar-refractivity contribution >= 4 is 5.96 Å². The van der Waals surface area contributed by atoms with Crippen LogP contribution in [0.2, 0.25) is 0 Å². The summed E-state index contributed by atoms with van der Waals surface area (Å²) in [7, 11) is 0. The standard InChI is InChI=1S/C22H36N4O/c1-3-23-22(26-16-12-20(13-17-26)27-4-2)24-18-21(25-14-8-9-15-25)19-10-6-5-7-11-19/h5-7,10-11,20-21H,3-4,8-9,12-18H2,1-2H3,(H,23,24). The van der Waals surface area contributed by atoms with E-state index >= 15 is 0 Å².